The van der Waals surface area contributed by atoms with Crippen molar-refractivity contribution in [3.8, 4) is 0 Å². The first-order valence-corrected chi connectivity index (χ1v) is 9.02. The third kappa shape index (κ3) is 2.41. The zero-order chi connectivity index (χ0) is 14.3. The Hall–Kier alpha value is -0.820. The first-order valence-electron chi connectivity index (χ1n) is 7.52. The highest BCUT2D eigenvalue weighted by Crippen LogP contribution is 2.35. The zero-order valence-electron chi connectivity index (χ0n) is 11.9. The molecular weight excluding hydrogens is 278 g/mol. The Morgan fingerprint density at radius 3 is 2.60 bits per heavy atom. The van der Waals surface area contributed by atoms with Gasteiger partial charge in [-0.2, -0.15) is 4.31 Å². The SMILES string of the molecule is CC1CC(S(=O)(=O)N2CCCC(N3CCNC3=O)C2)C1. The first-order chi connectivity index (χ1) is 9.48. The van der Waals surface area contributed by atoms with Gasteiger partial charge in [0.05, 0.1) is 5.25 Å². The third-order valence-electron chi connectivity index (χ3n) is 4.80. The van der Waals surface area contributed by atoms with Crippen molar-refractivity contribution < 1.29 is 13.2 Å². The van der Waals surface area contributed by atoms with Crippen LogP contribution >= 0.6 is 0 Å². The lowest BCUT2D eigenvalue weighted by atomic mass is 9.87. The summed E-state index contributed by atoms with van der Waals surface area (Å²) in [5.74, 6) is 0.528. The smallest absolute Gasteiger partial charge is 0.317 e. The molecule has 1 atom stereocenters. The number of amides is 2. The molecule has 0 spiro atoms. The van der Waals surface area contributed by atoms with E-state index in [1.165, 1.54) is 0 Å². The molecule has 20 heavy (non-hydrogen) atoms. The summed E-state index contributed by atoms with van der Waals surface area (Å²) in [5, 5.41) is 2.60. The third-order valence-corrected chi connectivity index (χ3v) is 7.08. The Balaban J connectivity index is 1.67. The van der Waals surface area contributed by atoms with Crippen LogP contribution in [0.3, 0.4) is 0 Å². The van der Waals surface area contributed by atoms with E-state index in [2.05, 4.69) is 12.2 Å². The van der Waals surface area contributed by atoms with Crippen LogP contribution in [-0.4, -0.2) is 61.1 Å². The van der Waals surface area contributed by atoms with Gasteiger partial charge in [0, 0.05) is 32.2 Å². The molecule has 2 aliphatic heterocycles. The predicted molar refractivity (Wildman–Crippen MR) is 75.8 cm³/mol. The maximum Gasteiger partial charge on any atom is 0.317 e. The molecule has 0 radical (unpaired) electrons. The Bertz CT molecular complexity index is 487. The number of urea groups is 1. The molecule has 114 valence electrons. The highest BCUT2D eigenvalue weighted by Gasteiger charge is 2.42. The van der Waals surface area contributed by atoms with Crippen molar-refractivity contribution in [1.82, 2.24) is 14.5 Å². The van der Waals surface area contributed by atoms with Crippen LogP contribution in [0, 0.1) is 5.92 Å². The number of nitrogens with one attached hydrogen (secondary N) is 1. The van der Waals surface area contributed by atoms with Gasteiger partial charge in [-0.3, -0.25) is 0 Å². The topological polar surface area (TPSA) is 69.7 Å². The minimum absolute atomic E-state index is 0.0403. The molecule has 2 heterocycles. The Morgan fingerprint density at radius 1 is 1.25 bits per heavy atom. The summed E-state index contributed by atoms with van der Waals surface area (Å²) in [6, 6.07) is -0.00922. The van der Waals surface area contributed by atoms with Gasteiger partial charge in [0.25, 0.3) is 0 Å². The maximum atomic E-state index is 12.6. The fraction of sp³-hybridized carbons (Fsp3) is 0.923. The molecular formula is C13H23N3O3S. The van der Waals surface area contributed by atoms with Crippen molar-refractivity contribution in [2.45, 2.75) is 43.9 Å². The van der Waals surface area contributed by atoms with Crippen LogP contribution in [0.25, 0.3) is 0 Å². The van der Waals surface area contributed by atoms with Crippen LogP contribution in [0.5, 0.6) is 0 Å². The number of hydrogen-bond acceptors (Lipinski definition) is 3. The van der Waals surface area contributed by atoms with E-state index in [0.29, 0.717) is 32.1 Å². The van der Waals surface area contributed by atoms with E-state index in [-0.39, 0.29) is 17.3 Å². The predicted octanol–water partition coefficient (Wildman–Crippen LogP) is 0.604. The van der Waals surface area contributed by atoms with Crippen LogP contribution in [0.4, 0.5) is 4.79 Å². The summed E-state index contributed by atoms with van der Waals surface area (Å²) < 4.78 is 26.8. The summed E-state index contributed by atoms with van der Waals surface area (Å²) in [6.07, 6.45) is 3.32. The molecule has 1 unspecified atom stereocenters. The number of rotatable bonds is 3. The summed E-state index contributed by atoms with van der Waals surface area (Å²) in [5.41, 5.74) is 0. The largest absolute Gasteiger partial charge is 0.336 e. The van der Waals surface area contributed by atoms with Crippen molar-refractivity contribution in [3.63, 3.8) is 0 Å². The second-order valence-corrected chi connectivity index (χ2v) is 8.54. The highest BCUT2D eigenvalue weighted by atomic mass is 32.2. The van der Waals surface area contributed by atoms with Gasteiger partial charge >= 0.3 is 6.03 Å². The average Bonchev–Trinajstić information content (AvgIpc) is 2.81. The zero-order valence-corrected chi connectivity index (χ0v) is 12.7. The normalized spacial score (nSPS) is 35.8. The van der Waals surface area contributed by atoms with Gasteiger partial charge < -0.3 is 10.2 Å². The molecule has 2 amide bonds. The Labute approximate surface area is 120 Å². The number of hydrogen-bond donors (Lipinski definition) is 1. The van der Waals surface area contributed by atoms with Gasteiger partial charge in [0.15, 0.2) is 0 Å². The van der Waals surface area contributed by atoms with Gasteiger partial charge in [-0.05, 0) is 31.6 Å². The monoisotopic (exact) mass is 301 g/mol. The lowest BCUT2D eigenvalue weighted by molar-refractivity contribution is 0.161. The van der Waals surface area contributed by atoms with Crippen LogP contribution in [0.15, 0.2) is 0 Å². The summed E-state index contributed by atoms with van der Waals surface area (Å²) in [6.45, 7) is 4.54. The van der Waals surface area contributed by atoms with E-state index in [0.717, 1.165) is 25.7 Å². The standard InChI is InChI=1S/C13H23N3O3S/c1-10-7-12(8-10)20(18,19)15-5-2-3-11(9-15)16-6-4-14-13(16)17/h10-12H,2-9H2,1H3,(H,14,17). The lowest BCUT2D eigenvalue weighted by Crippen LogP contribution is -2.54. The first kappa shape index (κ1) is 14.1. The molecule has 1 saturated carbocycles. The fourth-order valence-corrected chi connectivity index (χ4v) is 5.85. The highest BCUT2D eigenvalue weighted by molar-refractivity contribution is 7.89. The molecule has 0 aromatic rings. The molecule has 3 aliphatic rings. The molecule has 1 N–H and O–H groups in total. The molecule has 0 bridgehead atoms. The number of piperidine rings is 1. The molecule has 0 aromatic carbocycles. The summed E-state index contributed by atoms with van der Waals surface area (Å²) in [7, 11) is -3.16. The number of nitrogens with zero attached hydrogens (tertiary/aromatic N) is 2. The van der Waals surface area contributed by atoms with Gasteiger partial charge in [-0.1, -0.05) is 6.92 Å². The minimum atomic E-state index is -3.16. The van der Waals surface area contributed by atoms with Gasteiger partial charge in [0.1, 0.15) is 0 Å². The van der Waals surface area contributed by atoms with E-state index >= 15 is 0 Å². The van der Waals surface area contributed by atoms with Crippen LogP contribution < -0.4 is 5.32 Å². The van der Waals surface area contributed by atoms with Gasteiger partial charge in [-0.15, -0.1) is 0 Å². The molecule has 2 saturated heterocycles. The minimum Gasteiger partial charge on any atom is -0.336 e. The molecule has 6 nitrogen and oxygen atoms in total. The summed E-state index contributed by atoms with van der Waals surface area (Å²) in [4.78, 5) is 13.5. The molecule has 1 aliphatic carbocycles. The van der Waals surface area contributed by atoms with Crippen molar-refractivity contribution in [3.05, 3.63) is 0 Å². The van der Waals surface area contributed by atoms with E-state index in [1.54, 1.807) is 9.21 Å². The molecule has 3 rings (SSSR count). The molecule has 3 fully saturated rings. The Morgan fingerprint density at radius 2 is 2.00 bits per heavy atom. The van der Waals surface area contributed by atoms with E-state index in [9.17, 15) is 13.2 Å². The molecule has 0 aromatic heterocycles. The Kier molecular flexibility index (Phi) is 3.66. The van der Waals surface area contributed by atoms with Crippen LogP contribution in [0.2, 0.25) is 0 Å². The lowest BCUT2D eigenvalue weighted by Gasteiger charge is -2.41. The second-order valence-electron chi connectivity index (χ2n) is 6.32. The van der Waals surface area contributed by atoms with Crippen molar-refractivity contribution in [2.24, 2.45) is 5.92 Å². The van der Waals surface area contributed by atoms with Crippen molar-refractivity contribution >= 4 is 16.1 Å². The van der Waals surface area contributed by atoms with Gasteiger partial charge in [0.2, 0.25) is 10.0 Å². The maximum absolute atomic E-state index is 12.6. The van der Waals surface area contributed by atoms with Gasteiger partial charge in [-0.25, -0.2) is 13.2 Å². The quantitative estimate of drug-likeness (QED) is 0.830. The average molecular weight is 301 g/mol. The summed E-state index contributed by atoms with van der Waals surface area (Å²) >= 11 is 0. The van der Waals surface area contributed by atoms with Crippen LogP contribution in [0.1, 0.15) is 32.6 Å². The van der Waals surface area contributed by atoms with E-state index < -0.39 is 10.0 Å². The van der Waals surface area contributed by atoms with Crippen LogP contribution in [-0.2, 0) is 10.0 Å². The number of carbonyl (C=O) groups excluding carboxylic acids is 1. The van der Waals surface area contributed by atoms with E-state index in [1.807, 2.05) is 0 Å². The number of carbonyl (C=O) groups is 1. The van der Waals surface area contributed by atoms with Crippen molar-refractivity contribution in [2.75, 3.05) is 26.2 Å². The second kappa shape index (κ2) is 5.18. The van der Waals surface area contributed by atoms with E-state index in [4.69, 9.17) is 0 Å². The number of sulfonamides is 1. The fourth-order valence-electron chi connectivity index (χ4n) is 3.52. The molecule has 7 heteroatoms. The van der Waals surface area contributed by atoms with Crippen molar-refractivity contribution in [1.29, 1.82) is 0 Å².